The summed E-state index contributed by atoms with van der Waals surface area (Å²) >= 11 is 0. The van der Waals surface area contributed by atoms with E-state index in [1.807, 2.05) is 48.5 Å². The van der Waals surface area contributed by atoms with E-state index in [1.54, 1.807) is 25.4 Å². The quantitative estimate of drug-likeness (QED) is 0.611. The fourth-order valence-electron chi connectivity index (χ4n) is 2.72. The molecule has 1 aromatic heterocycles. The largest absolute Gasteiger partial charge is 0.489 e. The van der Waals surface area contributed by atoms with Crippen LogP contribution in [-0.2, 0) is 22.6 Å². The first-order valence-electron chi connectivity index (χ1n) is 9.08. The Labute approximate surface area is 163 Å². The van der Waals surface area contributed by atoms with Crippen LogP contribution in [0.1, 0.15) is 18.1 Å². The van der Waals surface area contributed by atoms with Crippen molar-refractivity contribution in [3.05, 3.63) is 78.1 Å². The van der Waals surface area contributed by atoms with Gasteiger partial charge < -0.3 is 14.6 Å². The first-order chi connectivity index (χ1) is 13.7. The van der Waals surface area contributed by atoms with Crippen molar-refractivity contribution in [3.8, 4) is 17.1 Å². The van der Waals surface area contributed by atoms with Crippen molar-refractivity contribution in [3.63, 3.8) is 0 Å². The Morgan fingerprint density at radius 2 is 1.64 bits per heavy atom. The Bertz CT molecular complexity index is 881. The summed E-state index contributed by atoms with van der Waals surface area (Å²) in [5.41, 5.74) is 2.88. The lowest BCUT2D eigenvalue weighted by Crippen LogP contribution is -2.26. The van der Waals surface area contributed by atoms with Crippen molar-refractivity contribution >= 4 is 5.97 Å². The van der Waals surface area contributed by atoms with Crippen molar-refractivity contribution in [2.45, 2.75) is 26.1 Å². The number of hydrogen-bond donors (Lipinski definition) is 1. The highest BCUT2D eigenvalue weighted by Crippen LogP contribution is 2.18. The number of carboxylic acids is 1. The van der Waals surface area contributed by atoms with Crippen LogP contribution >= 0.6 is 0 Å². The molecule has 3 aromatic rings. The summed E-state index contributed by atoms with van der Waals surface area (Å²) in [5.74, 6) is 0.464. The van der Waals surface area contributed by atoms with E-state index in [1.165, 1.54) is 0 Å². The molecule has 0 radical (unpaired) electrons. The number of benzene rings is 2. The topological polar surface area (TPSA) is 81.5 Å². The van der Waals surface area contributed by atoms with Crippen molar-refractivity contribution < 1.29 is 19.4 Å². The van der Waals surface area contributed by atoms with Crippen molar-refractivity contribution in [2.75, 3.05) is 6.61 Å². The first kappa shape index (κ1) is 19.5. The maximum atomic E-state index is 11.2. The van der Waals surface area contributed by atoms with Gasteiger partial charge in [-0.25, -0.2) is 14.8 Å². The Morgan fingerprint density at radius 1 is 1.00 bits per heavy atom. The van der Waals surface area contributed by atoms with E-state index in [4.69, 9.17) is 14.6 Å². The molecule has 0 fully saturated rings. The summed E-state index contributed by atoms with van der Waals surface area (Å²) in [6, 6.07) is 17.1. The maximum Gasteiger partial charge on any atom is 0.333 e. The Kier molecular flexibility index (Phi) is 6.70. The van der Waals surface area contributed by atoms with Gasteiger partial charge in [0.2, 0.25) is 0 Å². The average molecular weight is 378 g/mol. The van der Waals surface area contributed by atoms with Crippen molar-refractivity contribution in [2.24, 2.45) is 0 Å². The predicted octanol–water partition coefficient (Wildman–Crippen LogP) is 3.75. The molecule has 0 saturated heterocycles. The van der Waals surface area contributed by atoms with Crippen LogP contribution in [0, 0.1) is 0 Å². The minimum Gasteiger partial charge on any atom is -0.489 e. The number of aromatic nitrogens is 2. The van der Waals surface area contributed by atoms with Crippen LogP contribution in [0.3, 0.4) is 0 Å². The fourth-order valence-corrected chi connectivity index (χ4v) is 2.72. The normalized spacial score (nSPS) is 11.8. The van der Waals surface area contributed by atoms with Gasteiger partial charge in [-0.15, -0.1) is 0 Å². The molecule has 1 atom stereocenters. The second kappa shape index (κ2) is 9.62. The number of nitrogens with zero attached hydrogens (tertiary/aromatic N) is 2. The van der Waals surface area contributed by atoms with Crippen LogP contribution < -0.4 is 4.74 Å². The summed E-state index contributed by atoms with van der Waals surface area (Å²) in [6.45, 7) is 2.59. The Morgan fingerprint density at radius 3 is 2.25 bits per heavy atom. The third kappa shape index (κ3) is 5.37. The molecule has 0 aliphatic heterocycles. The molecule has 0 bridgehead atoms. The van der Waals surface area contributed by atoms with Gasteiger partial charge in [0.05, 0.1) is 0 Å². The highest BCUT2D eigenvalue weighted by Gasteiger charge is 2.17. The molecule has 0 spiro atoms. The molecule has 0 amide bonds. The monoisotopic (exact) mass is 378 g/mol. The highest BCUT2D eigenvalue weighted by molar-refractivity contribution is 5.72. The smallest absolute Gasteiger partial charge is 0.333 e. The SMILES string of the molecule is CCOC(Cc1ccc(OCc2ccc(-c3ncccn3)cc2)cc1)C(=O)O. The zero-order valence-electron chi connectivity index (χ0n) is 15.6. The minimum atomic E-state index is -0.952. The third-order valence-electron chi connectivity index (χ3n) is 4.17. The lowest BCUT2D eigenvalue weighted by molar-refractivity contribution is -0.149. The number of aliphatic carboxylic acids is 1. The standard InChI is InChI=1S/C22H22N2O4/c1-2-27-20(22(25)26)14-16-6-10-19(11-7-16)28-15-17-4-8-18(9-5-17)21-23-12-3-13-24-21/h3-13,20H,2,14-15H2,1H3,(H,25,26). The lowest BCUT2D eigenvalue weighted by Gasteiger charge is -2.13. The van der Waals surface area contributed by atoms with Gasteiger partial charge in [-0.3, -0.25) is 0 Å². The summed E-state index contributed by atoms with van der Waals surface area (Å²) in [4.78, 5) is 19.6. The van der Waals surface area contributed by atoms with Gasteiger partial charge in [-0.05, 0) is 36.2 Å². The Balaban J connectivity index is 1.55. The van der Waals surface area contributed by atoms with Gasteiger partial charge in [-0.2, -0.15) is 0 Å². The molecule has 0 aliphatic carbocycles. The molecule has 1 heterocycles. The van der Waals surface area contributed by atoms with Gasteiger partial charge in [0, 0.05) is 31.0 Å². The second-order valence-electron chi connectivity index (χ2n) is 6.19. The molecule has 0 saturated carbocycles. The highest BCUT2D eigenvalue weighted by atomic mass is 16.5. The van der Waals surface area contributed by atoms with Crippen molar-refractivity contribution in [1.29, 1.82) is 0 Å². The van der Waals surface area contributed by atoms with Crippen LogP contribution in [0.5, 0.6) is 5.75 Å². The Hall–Kier alpha value is -3.25. The predicted molar refractivity (Wildman–Crippen MR) is 105 cm³/mol. The van der Waals surface area contributed by atoms with E-state index in [0.717, 1.165) is 22.4 Å². The van der Waals surface area contributed by atoms with Crippen LogP contribution in [0.2, 0.25) is 0 Å². The molecule has 0 aliphatic rings. The van der Waals surface area contributed by atoms with Gasteiger partial charge in [0.1, 0.15) is 12.4 Å². The van der Waals surface area contributed by atoms with Crippen LogP contribution in [0.4, 0.5) is 0 Å². The lowest BCUT2D eigenvalue weighted by atomic mass is 10.1. The number of hydrogen-bond acceptors (Lipinski definition) is 5. The molecule has 2 aromatic carbocycles. The van der Waals surface area contributed by atoms with Crippen LogP contribution in [0.15, 0.2) is 67.0 Å². The van der Waals surface area contributed by atoms with E-state index in [2.05, 4.69) is 9.97 Å². The van der Waals surface area contributed by atoms with Gasteiger partial charge >= 0.3 is 5.97 Å². The fraction of sp³-hybridized carbons (Fsp3) is 0.227. The van der Waals surface area contributed by atoms with Gasteiger partial charge in [-0.1, -0.05) is 36.4 Å². The molecule has 6 heteroatoms. The van der Waals surface area contributed by atoms with Gasteiger partial charge in [0.15, 0.2) is 11.9 Å². The van der Waals surface area contributed by atoms with E-state index in [9.17, 15) is 4.79 Å². The van der Waals surface area contributed by atoms with Crippen LogP contribution in [-0.4, -0.2) is 33.8 Å². The van der Waals surface area contributed by atoms with Crippen molar-refractivity contribution in [1.82, 2.24) is 9.97 Å². The molecule has 1 N–H and O–H groups in total. The van der Waals surface area contributed by atoms with Crippen LogP contribution in [0.25, 0.3) is 11.4 Å². The number of carboxylic acid groups (broad SMARTS) is 1. The molecule has 6 nitrogen and oxygen atoms in total. The zero-order valence-corrected chi connectivity index (χ0v) is 15.6. The third-order valence-corrected chi connectivity index (χ3v) is 4.17. The molecular formula is C22H22N2O4. The molecule has 28 heavy (non-hydrogen) atoms. The number of carbonyl (C=O) groups is 1. The average Bonchev–Trinajstić information content (AvgIpc) is 2.74. The summed E-state index contributed by atoms with van der Waals surface area (Å²) < 4.78 is 11.1. The molecule has 3 rings (SSSR count). The molecule has 144 valence electrons. The summed E-state index contributed by atoms with van der Waals surface area (Å²) in [5, 5.41) is 9.17. The zero-order chi connectivity index (χ0) is 19.8. The number of rotatable bonds is 9. The van der Waals surface area contributed by atoms with E-state index in [-0.39, 0.29) is 0 Å². The van der Waals surface area contributed by atoms with E-state index >= 15 is 0 Å². The summed E-state index contributed by atoms with van der Waals surface area (Å²) in [6.07, 6.45) is 2.93. The maximum absolute atomic E-state index is 11.2. The van der Waals surface area contributed by atoms with E-state index < -0.39 is 12.1 Å². The van der Waals surface area contributed by atoms with E-state index in [0.29, 0.717) is 25.5 Å². The summed E-state index contributed by atoms with van der Waals surface area (Å²) in [7, 11) is 0. The molecular weight excluding hydrogens is 356 g/mol. The second-order valence-corrected chi connectivity index (χ2v) is 6.19. The van der Waals surface area contributed by atoms with Gasteiger partial charge in [0.25, 0.3) is 0 Å². The first-order valence-corrected chi connectivity index (χ1v) is 9.08. The minimum absolute atomic E-state index is 0.326. The molecule has 1 unspecified atom stereocenters. The number of ether oxygens (including phenoxy) is 2.